The van der Waals surface area contributed by atoms with E-state index >= 15 is 0 Å². The number of nitrogens with zero attached hydrogens (tertiary/aromatic N) is 2. The van der Waals surface area contributed by atoms with Crippen LogP contribution in [-0.4, -0.2) is 18.3 Å². The van der Waals surface area contributed by atoms with E-state index in [0.717, 1.165) is 5.56 Å². The summed E-state index contributed by atoms with van der Waals surface area (Å²) >= 11 is 0. The molecule has 0 bridgehead atoms. The zero-order chi connectivity index (χ0) is 12.0. The minimum atomic E-state index is 0.183. The maximum Gasteiger partial charge on any atom is 0.216 e. The second-order valence-corrected chi connectivity index (χ2v) is 3.13. The third-order valence-corrected chi connectivity index (χ3v) is 1.72. The number of hydrogen-bond acceptors (Lipinski definition) is 1. The number of hydrogen-bond donors (Lipinski definition) is 2. The van der Waals surface area contributed by atoms with Crippen molar-refractivity contribution >= 4 is 11.8 Å². The van der Waals surface area contributed by atoms with E-state index in [1.54, 1.807) is 13.0 Å². The Hall–Kier alpha value is -1.84. The lowest BCUT2D eigenvalue weighted by Crippen LogP contribution is -2.16. The summed E-state index contributed by atoms with van der Waals surface area (Å²) in [4.78, 5) is 7.85. The molecule has 0 aliphatic rings. The predicted molar refractivity (Wildman–Crippen MR) is 63.9 cm³/mol. The highest BCUT2D eigenvalue weighted by atomic mass is 15.1. The average molecular weight is 205 g/mol. The van der Waals surface area contributed by atoms with E-state index in [-0.39, 0.29) is 5.96 Å². The summed E-state index contributed by atoms with van der Waals surface area (Å²) in [5.41, 5.74) is 11.8. The topological polar surface area (TPSA) is 76.8 Å². The molecule has 4 heteroatoms. The van der Waals surface area contributed by atoms with Crippen molar-refractivity contribution in [3.8, 4) is 0 Å². The Labute approximate surface area is 91.1 Å². The second kappa shape index (κ2) is 5.80. The molecule has 4 nitrogen and oxygen atoms in total. The monoisotopic (exact) mass is 205 g/mol. The fraction of sp³-hybridized carbons (Fsp3) is 0.273. The molecule has 1 aromatic carbocycles. The molecule has 0 heterocycles. The van der Waals surface area contributed by atoms with Gasteiger partial charge in [0.25, 0.3) is 0 Å². The largest absolute Gasteiger partial charge is 0.387 e. The summed E-state index contributed by atoms with van der Waals surface area (Å²) in [6, 6.07) is 7.93. The third-order valence-electron chi connectivity index (χ3n) is 1.72. The summed E-state index contributed by atoms with van der Waals surface area (Å²) in [5, 5.41) is 0. The van der Waals surface area contributed by atoms with Crippen LogP contribution in [-0.2, 0) is 6.42 Å². The maximum absolute atomic E-state index is 7.64. The van der Waals surface area contributed by atoms with Gasteiger partial charge in [0.15, 0.2) is 0 Å². The van der Waals surface area contributed by atoms with Gasteiger partial charge in [0.1, 0.15) is 0 Å². The number of nitrogens with two attached hydrogens (primary N) is 2. The molecule has 0 aliphatic heterocycles. The van der Waals surface area contributed by atoms with Crippen molar-refractivity contribution in [3.05, 3.63) is 35.9 Å². The Balaban J connectivity index is 2.53. The summed E-state index contributed by atoms with van der Waals surface area (Å²) < 4.78 is 7.64. The summed E-state index contributed by atoms with van der Waals surface area (Å²) in [6.07, 6.45) is 0.680. The van der Waals surface area contributed by atoms with E-state index in [1.165, 1.54) is 0 Å². The van der Waals surface area contributed by atoms with Crippen LogP contribution in [0.2, 0.25) is 0 Å². The molecular weight excluding hydrogens is 188 g/mol. The van der Waals surface area contributed by atoms with Crippen LogP contribution < -0.4 is 11.5 Å². The predicted octanol–water partition coefficient (Wildman–Crippen LogP) is 0.921. The molecule has 0 unspecified atom stereocenters. The number of benzene rings is 1. The number of rotatable bonds is 3. The van der Waals surface area contributed by atoms with Gasteiger partial charge >= 0.3 is 0 Å². The Morgan fingerprint density at radius 3 is 2.87 bits per heavy atom. The molecule has 4 N–H and O–H groups in total. The Bertz CT molecular complexity index is 408. The smallest absolute Gasteiger partial charge is 0.216 e. The van der Waals surface area contributed by atoms with Gasteiger partial charge in [0.2, 0.25) is 5.96 Å². The summed E-state index contributed by atoms with van der Waals surface area (Å²) in [5.74, 6) is 0.574. The van der Waals surface area contributed by atoms with Gasteiger partial charge in [0, 0.05) is 6.54 Å². The Kier molecular flexibility index (Phi) is 3.75. The van der Waals surface area contributed by atoms with Crippen LogP contribution >= 0.6 is 0 Å². The molecule has 0 atom stereocenters. The molecule has 0 fully saturated rings. The van der Waals surface area contributed by atoms with Gasteiger partial charge in [-0.3, -0.25) is 4.99 Å². The number of guanidine groups is 1. The number of aliphatic imine (C=N–C) groups is 2. The van der Waals surface area contributed by atoms with Gasteiger partial charge in [0.05, 0.1) is 7.21 Å². The highest BCUT2D eigenvalue weighted by molar-refractivity contribution is 5.93. The molecule has 1 rings (SSSR count). The van der Waals surface area contributed by atoms with Gasteiger partial charge < -0.3 is 11.5 Å². The van der Waals surface area contributed by atoms with E-state index in [0.29, 0.717) is 24.8 Å². The molecule has 0 spiro atoms. The Morgan fingerprint density at radius 2 is 2.20 bits per heavy atom. The zero-order valence-electron chi connectivity index (χ0n) is 9.77. The zero-order valence-corrected chi connectivity index (χ0v) is 8.77. The Morgan fingerprint density at radius 1 is 1.40 bits per heavy atom. The normalized spacial score (nSPS) is 13.8. The first-order valence-electron chi connectivity index (χ1n) is 5.25. The van der Waals surface area contributed by atoms with Crippen molar-refractivity contribution in [1.29, 1.82) is 0 Å². The minimum absolute atomic E-state index is 0.183. The molecule has 80 valence electrons. The minimum Gasteiger partial charge on any atom is -0.387 e. The van der Waals surface area contributed by atoms with Crippen LogP contribution in [0.15, 0.2) is 40.3 Å². The molecule has 1 aromatic rings. The average Bonchev–Trinajstić information content (AvgIpc) is 2.19. The molecule has 0 saturated carbocycles. The molecule has 0 aliphatic carbocycles. The van der Waals surface area contributed by atoms with Crippen LogP contribution in [0.1, 0.15) is 13.9 Å². The van der Waals surface area contributed by atoms with Gasteiger partial charge in [-0.2, -0.15) is 0 Å². The van der Waals surface area contributed by atoms with E-state index in [9.17, 15) is 0 Å². The molecule has 0 aromatic heterocycles. The van der Waals surface area contributed by atoms with Gasteiger partial charge in [-0.15, -0.1) is 0 Å². The van der Waals surface area contributed by atoms with Crippen LogP contribution in [0.3, 0.4) is 0 Å². The van der Waals surface area contributed by atoms with Gasteiger partial charge in [-0.25, -0.2) is 4.99 Å². The molecular formula is C11H16N4. The van der Waals surface area contributed by atoms with Crippen LogP contribution in [0, 0.1) is 0 Å². The first kappa shape index (κ1) is 9.71. The maximum atomic E-state index is 7.64. The third kappa shape index (κ3) is 4.81. The first-order valence-corrected chi connectivity index (χ1v) is 4.75. The standard InChI is InChI=1S/C11H16N4/c1-9(12)15-11(13)14-8-7-10-5-3-2-4-6-10/h2-6H,7-8H2,1H3,(H4,12,13,14,15)/i5D. The fourth-order valence-electron chi connectivity index (χ4n) is 1.09. The van der Waals surface area contributed by atoms with E-state index < -0.39 is 0 Å². The second-order valence-electron chi connectivity index (χ2n) is 3.13. The van der Waals surface area contributed by atoms with Crippen molar-refractivity contribution in [1.82, 2.24) is 0 Å². The molecule has 0 amide bonds. The molecule has 0 radical (unpaired) electrons. The van der Waals surface area contributed by atoms with E-state index in [2.05, 4.69) is 9.98 Å². The van der Waals surface area contributed by atoms with E-state index in [1.807, 2.05) is 18.2 Å². The summed E-state index contributed by atoms with van der Waals surface area (Å²) in [7, 11) is 0. The lowest BCUT2D eigenvalue weighted by atomic mass is 10.2. The van der Waals surface area contributed by atoms with Gasteiger partial charge in [-0.1, -0.05) is 30.3 Å². The highest BCUT2D eigenvalue weighted by Gasteiger charge is 1.91. The van der Waals surface area contributed by atoms with Crippen molar-refractivity contribution in [2.75, 3.05) is 6.54 Å². The quantitative estimate of drug-likeness (QED) is 0.568. The van der Waals surface area contributed by atoms with Crippen molar-refractivity contribution in [3.63, 3.8) is 0 Å². The first-order chi connectivity index (χ1) is 7.59. The van der Waals surface area contributed by atoms with Crippen molar-refractivity contribution in [2.45, 2.75) is 13.3 Å². The van der Waals surface area contributed by atoms with Gasteiger partial charge in [-0.05, 0) is 18.9 Å². The molecule has 0 saturated heterocycles. The van der Waals surface area contributed by atoms with Crippen molar-refractivity contribution in [2.24, 2.45) is 21.5 Å². The number of amidine groups is 1. The highest BCUT2D eigenvalue weighted by Crippen LogP contribution is 1.99. The van der Waals surface area contributed by atoms with Crippen LogP contribution in [0.4, 0.5) is 0 Å². The van der Waals surface area contributed by atoms with E-state index in [4.69, 9.17) is 12.8 Å². The lowest BCUT2D eigenvalue weighted by molar-refractivity contribution is 0.962. The molecule has 15 heavy (non-hydrogen) atoms. The summed E-state index contributed by atoms with van der Waals surface area (Å²) in [6.45, 7) is 2.17. The SMILES string of the molecule is [2H]c1ccccc1CCN=C(N)N=C(C)N. The van der Waals surface area contributed by atoms with Crippen LogP contribution in [0.5, 0.6) is 0 Å². The lowest BCUT2D eigenvalue weighted by Gasteiger charge is -1.97. The van der Waals surface area contributed by atoms with Crippen molar-refractivity contribution < 1.29 is 1.37 Å². The van der Waals surface area contributed by atoms with Crippen LogP contribution in [0.25, 0.3) is 0 Å². The fourth-order valence-corrected chi connectivity index (χ4v) is 1.09.